The standard InChI is InChI=1S/C16H21NO2/c1-2-15-14(10-17-8-7-12(9-17)11-18)13-5-3-4-6-16(13)19-15/h3-6,12,18H,2,7-11H2,1H3. The highest BCUT2D eigenvalue weighted by Crippen LogP contribution is 2.29. The number of hydrogen-bond donors (Lipinski definition) is 1. The Kier molecular flexibility index (Phi) is 3.58. The van der Waals surface area contributed by atoms with Gasteiger partial charge in [-0.25, -0.2) is 0 Å². The Bertz CT molecular complexity index is 561. The number of likely N-dealkylation sites (tertiary alicyclic amines) is 1. The lowest BCUT2D eigenvalue weighted by Crippen LogP contribution is -2.21. The summed E-state index contributed by atoms with van der Waals surface area (Å²) in [6.45, 7) is 5.47. The van der Waals surface area contributed by atoms with Gasteiger partial charge in [-0.05, 0) is 24.9 Å². The molecule has 1 aliphatic heterocycles. The number of fused-ring (bicyclic) bond motifs is 1. The fourth-order valence-corrected chi connectivity index (χ4v) is 3.04. The van der Waals surface area contributed by atoms with E-state index < -0.39 is 0 Å². The van der Waals surface area contributed by atoms with Crippen LogP contribution in [0, 0.1) is 5.92 Å². The molecule has 19 heavy (non-hydrogen) atoms. The first-order chi connectivity index (χ1) is 9.31. The van der Waals surface area contributed by atoms with Crippen LogP contribution >= 0.6 is 0 Å². The molecule has 1 saturated heterocycles. The average Bonchev–Trinajstić information content (AvgIpc) is 3.04. The number of aliphatic hydroxyl groups is 1. The Hall–Kier alpha value is -1.32. The highest BCUT2D eigenvalue weighted by Gasteiger charge is 2.24. The van der Waals surface area contributed by atoms with Crippen molar-refractivity contribution in [3.8, 4) is 0 Å². The summed E-state index contributed by atoms with van der Waals surface area (Å²) in [5.41, 5.74) is 2.32. The molecule has 0 bridgehead atoms. The molecule has 1 aliphatic rings. The summed E-state index contributed by atoms with van der Waals surface area (Å²) in [6, 6.07) is 8.28. The van der Waals surface area contributed by atoms with E-state index in [-0.39, 0.29) is 0 Å². The normalized spacial score (nSPS) is 20.4. The smallest absolute Gasteiger partial charge is 0.134 e. The minimum atomic E-state index is 0.309. The van der Waals surface area contributed by atoms with Crippen molar-refractivity contribution in [3.63, 3.8) is 0 Å². The van der Waals surface area contributed by atoms with E-state index >= 15 is 0 Å². The number of aliphatic hydroxyl groups excluding tert-OH is 1. The van der Waals surface area contributed by atoms with Gasteiger partial charge in [-0.15, -0.1) is 0 Å². The highest BCUT2D eigenvalue weighted by atomic mass is 16.3. The van der Waals surface area contributed by atoms with Crippen molar-refractivity contribution in [2.75, 3.05) is 19.7 Å². The SMILES string of the molecule is CCc1oc2ccccc2c1CN1CCC(CO)C1. The van der Waals surface area contributed by atoms with Crippen molar-refractivity contribution in [2.24, 2.45) is 5.92 Å². The largest absolute Gasteiger partial charge is 0.461 e. The van der Waals surface area contributed by atoms with E-state index in [1.165, 1.54) is 10.9 Å². The first-order valence-corrected chi connectivity index (χ1v) is 7.14. The molecule has 0 spiro atoms. The van der Waals surface area contributed by atoms with Crippen molar-refractivity contribution in [2.45, 2.75) is 26.3 Å². The Labute approximate surface area is 113 Å². The van der Waals surface area contributed by atoms with Crippen LogP contribution in [0.5, 0.6) is 0 Å². The Morgan fingerprint density at radius 2 is 2.21 bits per heavy atom. The molecule has 3 heteroatoms. The third-order valence-corrected chi connectivity index (χ3v) is 4.11. The minimum Gasteiger partial charge on any atom is -0.461 e. The van der Waals surface area contributed by atoms with Crippen LogP contribution in [0.2, 0.25) is 0 Å². The molecule has 1 aromatic carbocycles. The maximum absolute atomic E-state index is 9.24. The summed E-state index contributed by atoms with van der Waals surface area (Å²) in [6.07, 6.45) is 2.04. The second-order valence-electron chi connectivity index (χ2n) is 5.43. The van der Waals surface area contributed by atoms with E-state index in [0.717, 1.165) is 43.8 Å². The second kappa shape index (κ2) is 5.35. The number of hydrogen-bond acceptors (Lipinski definition) is 3. The third kappa shape index (κ3) is 2.40. The highest BCUT2D eigenvalue weighted by molar-refractivity contribution is 5.82. The molecule has 3 rings (SSSR count). The molecule has 0 amide bonds. The molecule has 0 radical (unpaired) electrons. The molecule has 0 aliphatic carbocycles. The number of rotatable bonds is 4. The zero-order chi connectivity index (χ0) is 13.2. The Balaban J connectivity index is 1.87. The van der Waals surface area contributed by atoms with Gasteiger partial charge in [-0.1, -0.05) is 25.1 Å². The Morgan fingerprint density at radius 1 is 1.37 bits per heavy atom. The van der Waals surface area contributed by atoms with E-state index in [0.29, 0.717) is 12.5 Å². The predicted molar refractivity (Wildman–Crippen MR) is 76.1 cm³/mol. The van der Waals surface area contributed by atoms with E-state index in [4.69, 9.17) is 4.42 Å². The molecule has 0 saturated carbocycles. The Morgan fingerprint density at radius 3 is 2.95 bits per heavy atom. The number of benzene rings is 1. The molecule has 1 N–H and O–H groups in total. The van der Waals surface area contributed by atoms with Crippen LogP contribution in [-0.4, -0.2) is 29.7 Å². The number of aryl methyl sites for hydroxylation is 1. The topological polar surface area (TPSA) is 36.6 Å². The molecule has 3 nitrogen and oxygen atoms in total. The zero-order valence-corrected chi connectivity index (χ0v) is 11.4. The molecular formula is C16H21NO2. The first kappa shape index (κ1) is 12.7. The van der Waals surface area contributed by atoms with Crippen LogP contribution in [0.15, 0.2) is 28.7 Å². The summed E-state index contributed by atoms with van der Waals surface area (Å²) < 4.78 is 5.94. The molecule has 2 aromatic rings. The molecule has 1 aromatic heterocycles. The summed E-state index contributed by atoms with van der Waals surface area (Å²) in [4.78, 5) is 2.43. The quantitative estimate of drug-likeness (QED) is 0.917. The number of para-hydroxylation sites is 1. The summed E-state index contributed by atoms with van der Waals surface area (Å²) in [7, 11) is 0. The molecule has 1 atom stereocenters. The van der Waals surface area contributed by atoms with Crippen LogP contribution in [0.4, 0.5) is 0 Å². The van der Waals surface area contributed by atoms with Gasteiger partial charge in [0.15, 0.2) is 0 Å². The lowest BCUT2D eigenvalue weighted by molar-refractivity contribution is 0.220. The van der Waals surface area contributed by atoms with Gasteiger partial charge < -0.3 is 9.52 Å². The van der Waals surface area contributed by atoms with Crippen molar-refractivity contribution >= 4 is 11.0 Å². The van der Waals surface area contributed by atoms with Crippen LogP contribution in [0.1, 0.15) is 24.7 Å². The van der Waals surface area contributed by atoms with Gasteiger partial charge in [-0.3, -0.25) is 4.90 Å². The summed E-state index contributed by atoms with van der Waals surface area (Å²) in [5.74, 6) is 1.55. The minimum absolute atomic E-state index is 0.309. The third-order valence-electron chi connectivity index (χ3n) is 4.11. The molecular weight excluding hydrogens is 238 g/mol. The van der Waals surface area contributed by atoms with Crippen LogP contribution in [-0.2, 0) is 13.0 Å². The number of nitrogens with zero attached hydrogens (tertiary/aromatic N) is 1. The van der Waals surface area contributed by atoms with Gasteiger partial charge in [0.05, 0.1) is 0 Å². The average molecular weight is 259 g/mol. The molecule has 1 unspecified atom stereocenters. The number of furan rings is 1. The zero-order valence-electron chi connectivity index (χ0n) is 11.4. The van der Waals surface area contributed by atoms with Gasteiger partial charge >= 0.3 is 0 Å². The molecule has 2 heterocycles. The van der Waals surface area contributed by atoms with Crippen LogP contribution < -0.4 is 0 Å². The summed E-state index contributed by atoms with van der Waals surface area (Å²) >= 11 is 0. The van der Waals surface area contributed by atoms with Gasteiger partial charge in [0.25, 0.3) is 0 Å². The van der Waals surface area contributed by atoms with Gasteiger partial charge in [0.2, 0.25) is 0 Å². The first-order valence-electron chi connectivity index (χ1n) is 7.14. The molecule has 102 valence electrons. The fraction of sp³-hybridized carbons (Fsp3) is 0.500. The lowest BCUT2D eigenvalue weighted by atomic mass is 10.1. The molecule has 1 fully saturated rings. The maximum atomic E-state index is 9.24. The van der Waals surface area contributed by atoms with Crippen molar-refractivity contribution in [1.82, 2.24) is 4.90 Å². The van der Waals surface area contributed by atoms with E-state index in [2.05, 4.69) is 24.0 Å². The maximum Gasteiger partial charge on any atom is 0.134 e. The van der Waals surface area contributed by atoms with Gasteiger partial charge in [0, 0.05) is 37.1 Å². The van der Waals surface area contributed by atoms with Crippen molar-refractivity contribution < 1.29 is 9.52 Å². The monoisotopic (exact) mass is 259 g/mol. The van der Waals surface area contributed by atoms with Crippen molar-refractivity contribution in [1.29, 1.82) is 0 Å². The van der Waals surface area contributed by atoms with E-state index in [9.17, 15) is 5.11 Å². The summed E-state index contributed by atoms with van der Waals surface area (Å²) in [5, 5.41) is 10.5. The fourth-order valence-electron chi connectivity index (χ4n) is 3.04. The van der Waals surface area contributed by atoms with Crippen LogP contribution in [0.3, 0.4) is 0 Å². The van der Waals surface area contributed by atoms with E-state index in [1.54, 1.807) is 0 Å². The van der Waals surface area contributed by atoms with Crippen LogP contribution in [0.25, 0.3) is 11.0 Å². The van der Waals surface area contributed by atoms with E-state index in [1.807, 2.05) is 12.1 Å². The van der Waals surface area contributed by atoms with Gasteiger partial charge in [-0.2, -0.15) is 0 Å². The van der Waals surface area contributed by atoms with Crippen molar-refractivity contribution in [3.05, 3.63) is 35.6 Å². The second-order valence-corrected chi connectivity index (χ2v) is 5.43. The predicted octanol–water partition coefficient (Wildman–Crippen LogP) is 2.81. The van der Waals surface area contributed by atoms with Gasteiger partial charge in [0.1, 0.15) is 11.3 Å². The lowest BCUT2D eigenvalue weighted by Gasteiger charge is -2.15.